The highest BCUT2D eigenvalue weighted by molar-refractivity contribution is 7.10. The summed E-state index contributed by atoms with van der Waals surface area (Å²) in [6, 6.07) is 7.96. The number of pyridine rings is 1. The normalized spacial score (nSPS) is 16.2. The molecule has 0 saturated heterocycles. The van der Waals surface area contributed by atoms with E-state index >= 15 is 0 Å². The average molecular weight is 524 g/mol. The highest BCUT2D eigenvalue weighted by atomic mass is 35.5. The molecular formula is C27H30ClN5O2S. The first-order valence-electron chi connectivity index (χ1n) is 12.1. The molecule has 5 rings (SSSR count). The van der Waals surface area contributed by atoms with Crippen molar-refractivity contribution in [3.8, 4) is 0 Å². The predicted molar refractivity (Wildman–Crippen MR) is 147 cm³/mol. The van der Waals surface area contributed by atoms with E-state index in [-0.39, 0.29) is 23.6 Å². The smallest absolute Gasteiger partial charge is 0.259 e. The summed E-state index contributed by atoms with van der Waals surface area (Å²) in [6.07, 6.45) is 2.92. The zero-order valence-electron chi connectivity index (χ0n) is 20.9. The number of nitrogens with one attached hydrogen (secondary N) is 2. The summed E-state index contributed by atoms with van der Waals surface area (Å²) < 4.78 is 0. The summed E-state index contributed by atoms with van der Waals surface area (Å²) in [6.45, 7) is 5.55. The maximum Gasteiger partial charge on any atom is 0.259 e. The number of H-pyrrole nitrogens is 1. The number of likely N-dealkylation sites (N-methyl/N-ethyl adjacent to an activating group) is 1. The van der Waals surface area contributed by atoms with Crippen LogP contribution in [-0.4, -0.2) is 59.1 Å². The van der Waals surface area contributed by atoms with Gasteiger partial charge in [-0.15, -0.1) is 11.3 Å². The first-order valence-corrected chi connectivity index (χ1v) is 13.4. The number of rotatable bonds is 8. The van der Waals surface area contributed by atoms with Gasteiger partial charge in [-0.05, 0) is 68.7 Å². The molecule has 0 unspecified atom stereocenters. The van der Waals surface area contributed by atoms with Gasteiger partial charge in [0.1, 0.15) is 0 Å². The zero-order chi connectivity index (χ0) is 25.6. The van der Waals surface area contributed by atoms with Crippen molar-refractivity contribution in [2.45, 2.75) is 45.3 Å². The van der Waals surface area contributed by atoms with Crippen LogP contribution in [0.1, 0.15) is 45.8 Å². The molecule has 1 amide bonds. The van der Waals surface area contributed by atoms with Crippen LogP contribution in [0.4, 0.5) is 11.4 Å². The van der Waals surface area contributed by atoms with Crippen molar-refractivity contribution in [3.63, 3.8) is 0 Å². The minimum Gasteiger partial charge on any atom is -0.381 e. The lowest BCUT2D eigenvalue weighted by molar-refractivity contribution is 0.0692. The largest absolute Gasteiger partial charge is 0.381 e. The third-order valence-electron chi connectivity index (χ3n) is 6.75. The van der Waals surface area contributed by atoms with E-state index in [4.69, 9.17) is 16.6 Å². The molecule has 7 nitrogen and oxygen atoms in total. The summed E-state index contributed by atoms with van der Waals surface area (Å²) in [7, 11) is 4.03. The van der Waals surface area contributed by atoms with E-state index in [2.05, 4.69) is 29.0 Å². The summed E-state index contributed by atoms with van der Waals surface area (Å²) in [4.78, 5) is 38.9. The third kappa shape index (κ3) is 4.73. The molecule has 0 spiro atoms. The van der Waals surface area contributed by atoms with Gasteiger partial charge in [0.05, 0.1) is 27.7 Å². The van der Waals surface area contributed by atoms with E-state index in [1.807, 2.05) is 48.6 Å². The van der Waals surface area contributed by atoms with Gasteiger partial charge in [-0.25, -0.2) is 0 Å². The van der Waals surface area contributed by atoms with Crippen LogP contribution in [0, 0.1) is 0 Å². The number of aromatic nitrogens is 1. The molecule has 36 heavy (non-hydrogen) atoms. The number of thiophene rings is 1. The van der Waals surface area contributed by atoms with Crippen molar-refractivity contribution in [2.75, 3.05) is 26.0 Å². The van der Waals surface area contributed by atoms with Gasteiger partial charge in [-0.3, -0.25) is 14.6 Å². The molecule has 2 atom stereocenters. The predicted octanol–water partition coefficient (Wildman–Crippen LogP) is 4.72. The highest BCUT2D eigenvalue weighted by Gasteiger charge is 2.33. The van der Waals surface area contributed by atoms with Crippen LogP contribution in [0.2, 0.25) is 5.02 Å². The lowest BCUT2D eigenvalue weighted by Crippen LogP contribution is -2.40. The van der Waals surface area contributed by atoms with E-state index < -0.39 is 0 Å². The highest BCUT2D eigenvalue weighted by Crippen LogP contribution is 2.36. The van der Waals surface area contributed by atoms with Crippen LogP contribution in [0.25, 0.3) is 0 Å². The monoisotopic (exact) mass is 523 g/mol. The number of amides is 1. The lowest BCUT2D eigenvalue weighted by Gasteiger charge is -2.26. The molecule has 0 bridgehead atoms. The zero-order valence-corrected chi connectivity index (χ0v) is 22.5. The summed E-state index contributed by atoms with van der Waals surface area (Å²) in [5.41, 5.74) is 5.39. The number of hydrogen-bond acceptors (Lipinski definition) is 6. The number of fused-ring (bicyclic) bond motifs is 2. The van der Waals surface area contributed by atoms with Crippen molar-refractivity contribution in [1.82, 2.24) is 14.8 Å². The van der Waals surface area contributed by atoms with E-state index in [0.29, 0.717) is 24.2 Å². The topological polar surface area (TPSA) is 80.8 Å². The van der Waals surface area contributed by atoms with Crippen LogP contribution in [0.3, 0.4) is 0 Å². The van der Waals surface area contributed by atoms with Crippen molar-refractivity contribution in [3.05, 3.63) is 78.3 Å². The van der Waals surface area contributed by atoms with Crippen LogP contribution in [-0.2, 0) is 19.4 Å². The van der Waals surface area contributed by atoms with Crippen molar-refractivity contribution in [1.29, 1.82) is 0 Å². The van der Waals surface area contributed by atoms with Crippen LogP contribution >= 0.6 is 22.9 Å². The summed E-state index contributed by atoms with van der Waals surface area (Å²) in [5, 5.41) is 6.24. The molecule has 9 heteroatoms. The second kappa shape index (κ2) is 9.84. The maximum atomic E-state index is 13.2. The van der Waals surface area contributed by atoms with E-state index in [1.54, 1.807) is 17.5 Å². The number of nitrogens with zero attached hydrogens (tertiary/aromatic N) is 3. The molecule has 0 saturated carbocycles. The van der Waals surface area contributed by atoms with E-state index in [9.17, 15) is 9.59 Å². The molecule has 3 aromatic rings. The first kappa shape index (κ1) is 24.7. The Balaban J connectivity index is 1.39. The Morgan fingerprint density at radius 2 is 2.03 bits per heavy atom. The molecule has 0 aliphatic carbocycles. The molecular weight excluding hydrogens is 494 g/mol. The van der Waals surface area contributed by atoms with Crippen LogP contribution in [0.15, 0.2) is 45.6 Å². The van der Waals surface area contributed by atoms with Gasteiger partial charge < -0.3 is 20.1 Å². The second-order valence-corrected chi connectivity index (χ2v) is 11.4. The molecule has 2 aliphatic rings. The minimum absolute atomic E-state index is 0.0663. The van der Waals surface area contributed by atoms with Gasteiger partial charge in [0.2, 0.25) is 0 Å². The Morgan fingerprint density at radius 1 is 1.22 bits per heavy atom. The number of hydrogen-bond donors (Lipinski definition) is 2. The standard InChI is InChI=1S/C27H30ClN5O2S/c1-15(9-24-20(28)6-8-36-24)30-21-5-7-29-26(34)25(21)23-11-17-10-19-18(12-22(17)31-23)14-33(27(19)35)16(2)13-32(3)4/h5-8,10,12,15-16H,9,11,13-14H2,1-4H3,(H2,29,30,34)/t15-,16-/m0/s1. The van der Waals surface area contributed by atoms with Crippen molar-refractivity contribution >= 4 is 45.9 Å². The Labute approximate surface area is 219 Å². The minimum atomic E-state index is -0.180. The number of benzene rings is 1. The summed E-state index contributed by atoms with van der Waals surface area (Å²) in [5.74, 6) is 0.0663. The molecule has 1 aromatic carbocycles. The molecule has 0 radical (unpaired) electrons. The lowest BCUT2D eigenvalue weighted by atomic mass is 10.00. The third-order valence-corrected chi connectivity index (χ3v) is 8.15. The number of carbonyl (C=O) groups excluding carboxylic acids is 1. The molecule has 4 heterocycles. The number of aromatic amines is 1. The fourth-order valence-corrected chi connectivity index (χ4v) is 6.35. The van der Waals surface area contributed by atoms with E-state index in [1.165, 1.54) is 0 Å². The van der Waals surface area contributed by atoms with Crippen LogP contribution < -0.4 is 10.9 Å². The Hall–Kier alpha value is -2.94. The number of halogens is 1. The Kier molecular flexibility index (Phi) is 6.76. The molecule has 188 valence electrons. The van der Waals surface area contributed by atoms with E-state index in [0.717, 1.165) is 50.9 Å². The average Bonchev–Trinajstić information content (AvgIpc) is 3.49. The van der Waals surface area contributed by atoms with Gasteiger partial charge in [0.15, 0.2) is 0 Å². The Morgan fingerprint density at radius 3 is 2.75 bits per heavy atom. The van der Waals surface area contributed by atoms with Gasteiger partial charge in [0, 0.05) is 54.7 Å². The van der Waals surface area contributed by atoms with Gasteiger partial charge >= 0.3 is 0 Å². The van der Waals surface area contributed by atoms with Crippen LogP contribution in [0.5, 0.6) is 0 Å². The first-order chi connectivity index (χ1) is 17.2. The number of carbonyl (C=O) groups is 1. The number of aliphatic imine (C=N–C) groups is 1. The fourth-order valence-electron chi connectivity index (χ4n) is 5.11. The van der Waals surface area contributed by atoms with Crippen molar-refractivity contribution in [2.24, 2.45) is 4.99 Å². The molecule has 2 aromatic heterocycles. The Bertz CT molecular complexity index is 1410. The summed E-state index contributed by atoms with van der Waals surface area (Å²) >= 11 is 7.91. The second-order valence-electron chi connectivity index (χ2n) is 9.95. The SMILES string of the molecule is C[C@@H](Cc1sccc1Cl)Nc1cc[nH]c(=O)c1C1=Nc2cc3c(cc2C1)C(=O)N([C@@H](C)CN(C)C)C3. The maximum absolute atomic E-state index is 13.2. The van der Waals surface area contributed by atoms with Crippen molar-refractivity contribution < 1.29 is 4.79 Å². The fraction of sp³-hybridized carbons (Fsp3) is 0.370. The van der Waals surface area contributed by atoms with Gasteiger partial charge in [-0.1, -0.05) is 11.6 Å². The number of anilines is 1. The molecule has 2 N–H and O–H groups in total. The van der Waals surface area contributed by atoms with Gasteiger partial charge in [-0.2, -0.15) is 0 Å². The van der Waals surface area contributed by atoms with Gasteiger partial charge in [0.25, 0.3) is 11.5 Å². The molecule has 0 fully saturated rings. The molecule has 2 aliphatic heterocycles. The quantitative estimate of drug-likeness (QED) is 0.448.